The number of hydrogen-bond acceptors (Lipinski definition) is 6. The second-order valence-corrected chi connectivity index (χ2v) is 12.4. The molecule has 1 saturated heterocycles. The van der Waals surface area contributed by atoms with E-state index in [-0.39, 0.29) is 0 Å². The van der Waals surface area contributed by atoms with E-state index in [2.05, 4.69) is 79.1 Å². The lowest BCUT2D eigenvalue weighted by atomic mass is 9.87. The largest absolute Gasteiger partial charge is 0.363 e. The van der Waals surface area contributed by atoms with Gasteiger partial charge in [0, 0.05) is 52.2 Å². The van der Waals surface area contributed by atoms with Crippen LogP contribution < -0.4 is 10.7 Å². The molecule has 2 N–H and O–H groups in total. The highest BCUT2D eigenvalue weighted by Gasteiger charge is 2.43. The first-order chi connectivity index (χ1) is 19.0. The molecule has 4 aliphatic rings. The number of allylic oxidation sites excluding steroid dienone is 4. The lowest BCUT2D eigenvalue weighted by Gasteiger charge is -2.23. The van der Waals surface area contributed by atoms with Gasteiger partial charge >= 0.3 is 0 Å². The summed E-state index contributed by atoms with van der Waals surface area (Å²) in [6.07, 6.45) is 10.4. The van der Waals surface area contributed by atoms with E-state index in [9.17, 15) is 0 Å². The summed E-state index contributed by atoms with van der Waals surface area (Å²) in [7, 11) is 2.04. The van der Waals surface area contributed by atoms with Crippen LogP contribution >= 0.6 is 11.8 Å². The number of hydrogen-bond donors (Lipinski definition) is 2. The Morgan fingerprint density at radius 3 is 2.72 bits per heavy atom. The Morgan fingerprint density at radius 1 is 1.18 bits per heavy atom. The Hall–Kier alpha value is -3.09. The number of likely N-dealkylation sites (N-methyl/N-ethyl adjacent to an activating group) is 1. The number of aromatic nitrogens is 1. The summed E-state index contributed by atoms with van der Waals surface area (Å²) in [5.74, 6) is 0. The summed E-state index contributed by atoms with van der Waals surface area (Å²) in [6, 6.07) is 9.28. The van der Waals surface area contributed by atoms with Crippen LogP contribution in [0.2, 0.25) is 0 Å². The van der Waals surface area contributed by atoms with E-state index < -0.39 is 0 Å². The van der Waals surface area contributed by atoms with Crippen molar-refractivity contribution in [2.24, 2.45) is 5.10 Å². The molecule has 4 aliphatic heterocycles. The van der Waals surface area contributed by atoms with Crippen LogP contribution in [0.15, 0.2) is 70.9 Å². The number of hydrazone groups is 1. The molecule has 2 aromatic rings. The fraction of sp³-hybridized carbons (Fsp3) is 0.394. The number of pyridine rings is 1. The number of aryl methyl sites for hydroxylation is 3. The van der Waals surface area contributed by atoms with Crippen LogP contribution in [0.25, 0.3) is 5.70 Å². The molecule has 1 fully saturated rings. The highest BCUT2D eigenvalue weighted by molar-refractivity contribution is 8.03. The molecular formula is C33H39N5S. The molecule has 0 saturated carbocycles. The van der Waals surface area contributed by atoms with Crippen molar-refractivity contribution in [2.75, 3.05) is 20.1 Å². The summed E-state index contributed by atoms with van der Waals surface area (Å²) in [5, 5.41) is 8.51. The predicted octanol–water partition coefficient (Wildman–Crippen LogP) is 6.74. The number of fused-ring (bicyclic) bond motifs is 3. The molecule has 39 heavy (non-hydrogen) atoms. The minimum atomic E-state index is 0.303. The molecule has 6 rings (SSSR count). The van der Waals surface area contributed by atoms with Crippen LogP contribution in [0.3, 0.4) is 0 Å². The number of benzene rings is 1. The van der Waals surface area contributed by atoms with Crippen LogP contribution in [-0.4, -0.2) is 35.7 Å². The Bertz CT molecular complexity index is 1410. The maximum atomic E-state index is 5.50. The monoisotopic (exact) mass is 537 g/mol. The smallest absolute Gasteiger partial charge is 0.0760 e. The molecule has 5 heterocycles. The van der Waals surface area contributed by atoms with Gasteiger partial charge in [0.25, 0.3) is 0 Å². The number of nitrogens with one attached hydrogen (secondary N) is 2. The lowest BCUT2D eigenvalue weighted by molar-refractivity contribution is 0.396. The van der Waals surface area contributed by atoms with E-state index >= 15 is 0 Å². The zero-order valence-corrected chi connectivity index (χ0v) is 24.3. The zero-order valence-electron chi connectivity index (χ0n) is 23.4. The van der Waals surface area contributed by atoms with E-state index in [1.54, 1.807) is 0 Å². The molecule has 0 spiro atoms. The van der Waals surface area contributed by atoms with Crippen LogP contribution in [-0.2, 0) is 12.8 Å². The molecule has 2 unspecified atom stereocenters. The SMILES string of the molecule is C=C1CC(c2c(CCc3ccc(C)cc3)nc3c(c2C2CC(/C=C\C)=C(CNC)S2)C(=C)N2CCCC32)=NN1. The van der Waals surface area contributed by atoms with Gasteiger partial charge in [-0.2, -0.15) is 5.10 Å². The first-order valence-electron chi connectivity index (χ1n) is 14.2. The standard InChI is InChI=1S/C33H39N5S/c1-6-8-24-18-28(39-29(24)19-34-5)32-30-22(4)38-16-7-9-27(38)33(30)35-25(31(32)26-17-21(3)36-37-26)15-14-23-12-10-20(2)11-13-23/h6,8,10-13,27-28,34,36H,3-4,7,9,14-19H2,1-2,5H3/b8-6-. The number of rotatable bonds is 8. The first kappa shape index (κ1) is 26.1. The summed E-state index contributed by atoms with van der Waals surface area (Å²) in [4.78, 5) is 9.44. The van der Waals surface area contributed by atoms with Crippen molar-refractivity contribution in [3.05, 3.63) is 105 Å². The molecule has 2 atom stereocenters. The van der Waals surface area contributed by atoms with Gasteiger partial charge in [0.15, 0.2) is 0 Å². The number of nitrogens with zero attached hydrogens (tertiary/aromatic N) is 3. The maximum absolute atomic E-state index is 5.50. The number of thioether (sulfide) groups is 1. The molecule has 202 valence electrons. The van der Waals surface area contributed by atoms with Gasteiger partial charge in [-0.15, -0.1) is 11.8 Å². The van der Waals surface area contributed by atoms with E-state index in [1.807, 2.05) is 18.8 Å². The molecule has 0 radical (unpaired) electrons. The fourth-order valence-corrected chi connectivity index (χ4v) is 8.08. The summed E-state index contributed by atoms with van der Waals surface area (Å²) >= 11 is 2.01. The zero-order chi connectivity index (χ0) is 27.1. The quantitative estimate of drug-likeness (QED) is 0.391. The van der Waals surface area contributed by atoms with Gasteiger partial charge in [-0.3, -0.25) is 10.4 Å². The average Bonchev–Trinajstić information content (AvgIpc) is 3.71. The lowest BCUT2D eigenvalue weighted by Crippen LogP contribution is -2.16. The van der Waals surface area contributed by atoms with E-state index in [4.69, 9.17) is 10.1 Å². The van der Waals surface area contributed by atoms with E-state index in [0.29, 0.717) is 11.3 Å². The van der Waals surface area contributed by atoms with Gasteiger partial charge < -0.3 is 10.2 Å². The first-order valence-corrected chi connectivity index (χ1v) is 15.1. The molecule has 0 bridgehead atoms. The van der Waals surface area contributed by atoms with Gasteiger partial charge in [-0.05, 0) is 69.7 Å². The van der Waals surface area contributed by atoms with Gasteiger partial charge in [0.2, 0.25) is 0 Å². The summed E-state index contributed by atoms with van der Waals surface area (Å²) in [5.41, 5.74) is 16.7. The van der Waals surface area contributed by atoms with Crippen molar-refractivity contribution >= 4 is 23.2 Å². The van der Waals surface area contributed by atoms with E-state index in [0.717, 1.165) is 62.3 Å². The molecular weight excluding hydrogens is 498 g/mol. The third-order valence-corrected chi connectivity index (χ3v) is 9.79. The molecule has 0 amide bonds. The Morgan fingerprint density at radius 2 is 2.00 bits per heavy atom. The van der Waals surface area contributed by atoms with Gasteiger partial charge in [0.1, 0.15) is 0 Å². The predicted molar refractivity (Wildman–Crippen MR) is 165 cm³/mol. The third kappa shape index (κ3) is 4.78. The van der Waals surface area contributed by atoms with Crippen molar-refractivity contribution in [2.45, 2.75) is 63.7 Å². The fourth-order valence-electron chi connectivity index (χ4n) is 6.59. The van der Waals surface area contributed by atoms with Gasteiger partial charge in [0.05, 0.1) is 23.1 Å². The van der Waals surface area contributed by atoms with Crippen molar-refractivity contribution in [1.82, 2.24) is 20.6 Å². The third-order valence-electron chi connectivity index (χ3n) is 8.41. The Labute approximate surface area is 237 Å². The van der Waals surface area contributed by atoms with Crippen molar-refractivity contribution in [1.29, 1.82) is 0 Å². The van der Waals surface area contributed by atoms with Crippen LogP contribution in [0.1, 0.15) is 83.1 Å². The maximum Gasteiger partial charge on any atom is 0.0760 e. The Balaban J connectivity index is 1.50. The molecule has 1 aromatic carbocycles. The van der Waals surface area contributed by atoms with Gasteiger partial charge in [-0.25, -0.2) is 0 Å². The van der Waals surface area contributed by atoms with Crippen molar-refractivity contribution in [3.63, 3.8) is 0 Å². The van der Waals surface area contributed by atoms with Crippen molar-refractivity contribution < 1.29 is 0 Å². The summed E-state index contributed by atoms with van der Waals surface area (Å²) < 4.78 is 0. The normalized spacial score (nSPS) is 22.2. The second kappa shape index (κ2) is 10.8. The Kier molecular flexibility index (Phi) is 7.25. The molecule has 6 heteroatoms. The van der Waals surface area contributed by atoms with Crippen LogP contribution in [0.4, 0.5) is 0 Å². The average molecular weight is 538 g/mol. The molecule has 5 nitrogen and oxygen atoms in total. The molecule has 1 aromatic heterocycles. The van der Waals surface area contributed by atoms with Gasteiger partial charge in [-0.1, -0.05) is 55.1 Å². The van der Waals surface area contributed by atoms with Crippen LogP contribution in [0.5, 0.6) is 0 Å². The highest BCUT2D eigenvalue weighted by Crippen LogP contribution is 2.55. The highest BCUT2D eigenvalue weighted by atomic mass is 32.2. The van der Waals surface area contributed by atoms with Crippen LogP contribution in [0, 0.1) is 6.92 Å². The van der Waals surface area contributed by atoms with Crippen molar-refractivity contribution in [3.8, 4) is 0 Å². The minimum absolute atomic E-state index is 0.303. The summed E-state index contributed by atoms with van der Waals surface area (Å²) in [6.45, 7) is 15.1. The minimum Gasteiger partial charge on any atom is -0.363 e. The second-order valence-electron chi connectivity index (χ2n) is 11.1. The van der Waals surface area contributed by atoms with E-state index in [1.165, 1.54) is 56.1 Å². The molecule has 0 aliphatic carbocycles. The topological polar surface area (TPSA) is 52.6 Å².